The number of anilines is 1. The molecule has 5 heteroatoms. The second-order valence-electron chi connectivity index (χ2n) is 4.31. The third kappa shape index (κ3) is 3.75. The monoisotopic (exact) mass is 320 g/mol. The van der Waals surface area contributed by atoms with E-state index in [1.807, 2.05) is 32.3 Å². The molecule has 0 fully saturated rings. The number of benzene rings is 1. The second-order valence-corrected chi connectivity index (χ2v) is 5.16. The molecule has 1 aromatic carbocycles. The Hall–Kier alpha value is -1.46. The van der Waals surface area contributed by atoms with Gasteiger partial charge in [-0.2, -0.15) is 0 Å². The quantitative estimate of drug-likeness (QED) is 0.919. The molecule has 2 aromatic rings. The van der Waals surface area contributed by atoms with Crippen LogP contribution in [0, 0.1) is 0 Å². The van der Waals surface area contributed by atoms with Crippen LogP contribution >= 0.6 is 15.9 Å². The molecule has 1 N–H and O–H groups in total. The van der Waals surface area contributed by atoms with Crippen molar-refractivity contribution in [2.24, 2.45) is 0 Å². The molecule has 0 atom stereocenters. The molecule has 0 unspecified atom stereocenters. The molecule has 0 saturated carbocycles. The average Bonchev–Trinajstić information content (AvgIpc) is 2.42. The molecule has 2 rings (SSSR count). The maximum Gasteiger partial charge on any atom is 0.144 e. The van der Waals surface area contributed by atoms with E-state index in [1.165, 1.54) is 5.56 Å². The predicted molar refractivity (Wildman–Crippen MR) is 81.0 cm³/mol. The Morgan fingerprint density at radius 2 is 2.05 bits per heavy atom. The maximum absolute atomic E-state index is 4.53. The van der Waals surface area contributed by atoms with Crippen molar-refractivity contribution in [3.8, 4) is 0 Å². The molecule has 0 aliphatic rings. The molecule has 0 aliphatic carbocycles. The number of hydrogen-bond acceptors (Lipinski definition) is 4. The molecule has 0 saturated heterocycles. The molecule has 0 aliphatic heterocycles. The molecular formula is C14H17BrN4. The summed E-state index contributed by atoms with van der Waals surface area (Å²) in [5, 5.41) is 3.06. The molecular weight excluding hydrogens is 304 g/mol. The van der Waals surface area contributed by atoms with Crippen LogP contribution in [0.1, 0.15) is 11.4 Å². The molecule has 100 valence electrons. The molecule has 1 aromatic heterocycles. The summed E-state index contributed by atoms with van der Waals surface area (Å²) in [6, 6.07) is 10.1. The Kier molecular flexibility index (Phi) is 4.87. The van der Waals surface area contributed by atoms with Crippen molar-refractivity contribution in [2.75, 3.05) is 19.0 Å². The van der Waals surface area contributed by atoms with Crippen LogP contribution in [-0.2, 0) is 13.1 Å². The Morgan fingerprint density at radius 1 is 1.26 bits per heavy atom. The highest BCUT2D eigenvalue weighted by molar-refractivity contribution is 9.10. The number of aromatic nitrogens is 2. The first kappa shape index (κ1) is 14.0. The van der Waals surface area contributed by atoms with Gasteiger partial charge in [0, 0.05) is 24.3 Å². The van der Waals surface area contributed by atoms with Gasteiger partial charge >= 0.3 is 0 Å². The van der Waals surface area contributed by atoms with Gasteiger partial charge < -0.3 is 10.2 Å². The lowest BCUT2D eigenvalue weighted by Crippen LogP contribution is -2.19. The molecule has 1 heterocycles. The van der Waals surface area contributed by atoms with Gasteiger partial charge in [-0.25, -0.2) is 9.97 Å². The first-order chi connectivity index (χ1) is 9.20. The van der Waals surface area contributed by atoms with Crippen molar-refractivity contribution in [1.82, 2.24) is 15.3 Å². The van der Waals surface area contributed by atoms with Crippen molar-refractivity contribution in [2.45, 2.75) is 13.1 Å². The van der Waals surface area contributed by atoms with Crippen LogP contribution in [-0.4, -0.2) is 24.1 Å². The summed E-state index contributed by atoms with van der Waals surface area (Å²) in [5.41, 5.74) is 1.23. The Bertz CT molecular complexity index is 544. The van der Waals surface area contributed by atoms with Crippen molar-refractivity contribution in [3.05, 3.63) is 52.4 Å². The topological polar surface area (TPSA) is 41.1 Å². The Balaban J connectivity index is 2.13. The number of nitrogens with one attached hydrogen (secondary N) is 1. The number of halogens is 1. The zero-order valence-electron chi connectivity index (χ0n) is 11.1. The van der Waals surface area contributed by atoms with Gasteiger partial charge in [0.25, 0.3) is 0 Å². The fourth-order valence-corrected chi connectivity index (χ4v) is 2.22. The molecule has 4 nitrogen and oxygen atoms in total. The highest BCUT2D eigenvalue weighted by Gasteiger charge is 2.07. The van der Waals surface area contributed by atoms with Gasteiger partial charge in [-0.05, 0) is 24.7 Å². The third-order valence-corrected chi connectivity index (χ3v) is 3.56. The molecule has 0 radical (unpaired) electrons. The zero-order valence-corrected chi connectivity index (χ0v) is 12.7. The molecule has 0 bridgehead atoms. The second kappa shape index (κ2) is 6.63. The summed E-state index contributed by atoms with van der Waals surface area (Å²) >= 11 is 3.57. The third-order valence-electron chi connectivity index (χ3n) is 2.78. The van der Waals surface area contributed by atoms with Crippen LogP contribution in [0.2, 0.25) is 0 Å². The number of nitrogens with zero attached hydrogens (tertiary/aromatic N) is 3. The fourth-order valence-electron chi connectivity index (χ4n) is 1.81. The zero-order chi connectivity index (χ0) is 13.7. The number of hydrogen-bond donors (Lipinski definition) is 1. The minimum Gasteiger partial charge on any atom is -0.355 e. The van der Waals surface area contributed by atoms with Crippen LogP contribution < -0.4 is 10.2 Å². The normalized spacial score (nSPS) is 10.5. The molecule has 0 amide bonds. The number of rotatable bonds is 5. The Labute approximate surface area is 122 Å². The van der Waals surface area contributed by atoms with E-state index in [-0.39, 0.29) is 0 Å². The van der Waals surface area contributed by atoms with E-state index in [9.17, 15) is 0 Å². The van der Waals surface area contributed by atoms with Crippen molar-refractivity contribution >= 4 is 21.7 Å². The van der Waals surface area contributed by atoms with Gasteiger partial charge in [0.1, 0.15) is 11.6 Å². The summed E-state index contributed by atoms with van der Waals surface area (Å²) in [5.74, 6) is 1.73. The van der Waals surface area contributed by atoms with Crippen molar-refractivity contribution in [1.29, 1.82) is 0 Å². The van der Waals surface area contributed by atoms with Gasteiger partial charge in [-0.15, -0.1) is 0 Å². The SMILES string of the molecule is CNCc1nccc(N(C)Cc2ccccc2Br)n1. The fraction of sp³-hybridized carbons (Fsp3) is 0.286. The van der Waals surface area contributed by atoms with Crippen LogP contribution in [0.4, 0.5) is 5.82 Å². The molecule has 19 heavy (non-hydrogen) atoms. The van der Waals surface area contributed by atoms with Gasteiger partial charge in [-0.3, -0.25) is 0 Å². The molecule has 0 spiro atoms. The van der Waals surface area contributed by atoms with E-state index in [0.717, 1.165) is 22.7 Å². The van der Waals surface area contributed by atoms with Crippen LogP contribution in [0.25, 0.3) is 0 Å². The highest BCUT2D eigenvalue weighted by Crippen LogP contribution is 2.19. The summed E-state index contributed by atoms with van der Waals surface area (Å²) in [7, 11) is 3.92. The minimum atomic E-state index is 0.677. The van der Waals surface area contributed by atoms with Crippen LogP contribution in [0.5, 0.6) is 0 Å². The highest BCUT2D eigenvalue weighted by atomic mass is 79.9. The lowest BCUT2D eigenvalue weighted by molar-refractivity contribution is 0.750. The van der Waals surface area contributed by atoms with Crippen molar-refractivity contribution < 1.29 is 0 Å². The standard InChI is InChI=1S/C14H17BrN4/c1-16-9-13-17-8-7-14(18-13)19(2)10-11-5-3-4-6-12(11)15/h3-8,16H,9-10H2,1-2H3. The van der Waals surface area contributed by atoms with Crippen molar-refractivity contribution in [3.63, 3.8) is 0 Å². The summed E-state index contributed by atoms with van der Waals surface area (Å²) in [6.45, 7) is 1.48. The van der Waals surface area contributed by atoms with Gasteiger partial charge in [-0.1, -0.05) is 34.1 Å². The first-order valence-corrected chi connectivity index (χ1v) is 6.91. The maximum atomic E-state index is 4.53. The van der Waals surface area contributed by atoms with E-state index >= 15 is 0 Å². The lowest BCUT2D eigenvalue weighted by atomic mass is 10.2. The van der Waals surface area contributed by atoms with E-state index in [0.29, 0.717) is 6.54 Å². The summed E-state index contributed by atoms with van der Waals surface area (Å²) in [6.07, 6.45) is 1.80. The first-order valence-electron chi connectivity index (χ1n) is 6.12. The smallest absolute Gasteiger partial charge is 0.144 e. The van der Waals surface area contributed by atoms with E-state index < -0.39 is 0 Å². The predicted octanol–water partition coefficient (Wildman–Crippen LogP) is 2.59. The lowest BCUT2D eigenvalue weighted by Gasteiger charge is -2.19. The summed E-state index contributed by atoms with van der Waals surface area (Å²) in [4.78, 5) is 10.9. The van der Waals surface area contributed by atoms with Gasteiger partial charge in [0.15, 0.2) is 0 Å². The minimum absolute atomic E-state index is 0.677. The Morgan fingerprint density at radius 3 is 2.79 bits per heavy atom. The van der Waals surface area contributed by atoms with Crippen LogP contribution in [0.15, 0.2) is 41.0 Å². The average molecular weight is 321 g/mol. The van der Waals surface area contributed by atoms with Gasteiger partial charge in [0.2, 0.25) is 0 Å². The van der Waals surface area contributed by atoms with E-state index in [2.05, 4.69) is 48.2 Å². The van der Waals surface area contributed by atoms with Crippen LogP contribution in [0.3, 0.4) is 0 Å². The van der Waals surface area contributed by atoms with E-state index in [1.54, 1.807) is 6.20 Å². The largest absolute Gasteiger partial charge is 0.355 e. The van der Waals surface area contributed by atoms with Gasteiger partial charge in [0.05, 0.1) is 6.54 Å². The van der Waals surface area contributed by atoms with E-state index in [4.69, 9.17) is 0 Å². The summed E-state index contributed by atoms with van der Waals surface area (Å²) < 4.78 is 1.12.